The Morgan fingerprint density at radius 1 is 1.29 bits per heavy atom. The van der Waals surface area contributed by atoms with Gasteiger partial charge in [0.1, 0.15) is 6.61 Å². The molecule has 0 radical (unpaired) electrons. The molecule has 128 valence electrons. The molecule has 1 N–H and O–H groups in total. The second-order valence-electron chi connectivity index (χ2n) is 5.61. The molecule has 0 spiro atoms. The fraction of sp³-hybridized carbons (Fsp3) is 0.389. The maximum absolute atomic E-state index is 12.1. The molecule has 2 rings (SSSR count). The number of nitrogens with one attached hydrogen (secondary N) is 1. The fourth-order valence-electron chi connectivity index (χ4n) is 2.25. The van der Waals surface area contributed by atoms with Crippen molar-refractivity contribution < 1.29 is 14.3 Å². The molecule has 1 heterocycles. The van der Waals surface area contributed by atoms with Crippen LogP contribution in [0.3, 0.4) is 0 Å². The molecule has 0 saturated carbocycles. The lowest BCUT2D eigenvalue weighted by Gasteiger charge is -2.17. The molecule has 5 nitrogen and oxygen atoms in total. The quantitative estimate of drug-likeness (QED) is 0.781. The zero-order chi connectivity index (χ0) is 17.5. The summed E-state index contributed by atoms with van der Waals surface area (Å²) < 4.78 is 5.30. The first-order valence-electron chi connectivity index (χ1n) is 7.90. The van der Waals surface area contributed by atoms with Crippen LogP contribution in [0.4, 0.5) is 0 Å². The summed E-state index contributed by atoms with van der Waals surface area (Å²) in [6.07, 6.45) is 0.962. The van der Waals surface area contributed by atoms with Crippen molar-refractivity contribution in [2.75, 3.05) is 0 Å². The molecular formula is C18H22N2O3S. The van der Waals surface area contributed by atoms with Crippen molar-refractivity contribution in [2.24, 2.45) is 0 Å². The van der Waals surface area contributed by atoms with Crippen LogP contribution in [0.1, 0.15) is 48.1 Å². The third kappa shape index (κ3) is 5.45. The first-order chi connectivity index (χ1) is 11.5. The van der Waals surface area contributed by atoms with E-state index in [1.807, 2.05) is 43.5 Å². The number of hydrogen-bond donors (Lipinski definition) is 1. The summed E-state index contributed by atoms with van der Waals surface area (Å²) in [7, 11) is 0. The molecule has 6 heteroatoms. The van der Waals surface area contributed by atoms with E-state index in [0.717, 1.165) is 28.2 Å². The molecule has 1 aromatic carbocycles. The number of rotatable bonds is 7. The van der Waals surface area contributed by atoms with Gasteiger partial charge in [0.2, 0.25) is 5.91 Å². The third-order valence-corrected chi connectivity index (χ3v) is 4.55. The highest BCUT2D eigenvalue weighted by Gasteiger charge is 2.18. The third-order valence-electron chi connectivity index (χ3n) is 3.51. The van der Waals surface area contributed by atoms with Crippen LogP contribution in [0.25, 0.3) is 0 Å². The lowest BCUT2D eigenvalue weighted by atomic mass is 10.0. The van der Waals surface area contributed by atoms with Gasteiger partial charge >= 0.3 is 5.97 Å². The van der Waals surface area contributed by atoms with E-state index in [2.05, 4.69) is 10.3 Å². The van der Waals surface area contributed by atoms with Crippen molar-refractivity contribution in [3.63, 3.8) is 0 Å². The summed E-state index contributed by atoms with van der Waals surface area (Å²) >= 11 is 1.56. The van der Waals surface area contributed by atoms with E-state index >= 15 is 0 Å². The van der Waals surface area contributed by atoms with Gasteiger partial charge in [0, 0.05) is 12.3 Å². The molecule has 0 aliphatic carbocycles. The largest absolute Gasteiger partial charge is 0.459 e. The minimum atomic E-state index is -0.391. The van der Waals surface area contributed by atoms with Gasteiger partial charge in [-0.1, -0.05) is 36.8 Å². The average molecular weight is 346 g/mol. The molecule has 1 aromatic heterocycles. The molecule has 24 heavy (non-hydrogen) atoms. The molecule has 0 bridgehead atoms. The summed E-state index contributed by atoms with van der Waals surface area (Å²) in [6, 6.07) is 7.35. The zero-order valence-corrected chi connectivity index (χ0v) is 15.0. The van der Waals surface area contributed by atoms with Crippen molar-refractivity contribution in [2.45, 2.75) is 46.3 Å². The average Bonchev–Trinajstić information content (AvgIpc) is 3.01. The van der Waals surface area contributed by atoms with Crippen LogP contribution in [0.15, 0.2) is 29.6 Å². The number of thiazole rings is 1. The van der Waals surface area contributed by atoms with Crippen LogP contribution in [0.2, 0.25) is 0 Å². The molecule has 0 aliphatic heterocycles. The highest BCUT2D eigenvalue weighted by Crippen LogP contribution is 2.19. The smallest absolute Gasteiger partial charge is 0.308 e. The molecule has 0 unspecified atom stereocenters. The summed E-state index contributed by atoms with van der Waals surface area (Å²) in [6.45, 7) is 5.63. The Kier molecular flexibility index (Phi) is 6.49. The number of carbonyl (C=O) groups is 2. The van der Waals surface area contributed by atoms with E-state index in [-0.39, 0.29) is 24.9 Å². The maximum atomic E-state index is 12.1. The van der Waals surface area contributed by atoms with Gasteiger partial charge in [-0.3, -0.25) is 9.59 Å². The maximum Gasteiger partial charge on any atom is 0.308 e. The van der Waals surface area contributed by atoms with Crippen LogP contribution in [0, 0.1) is 6.92 Å². The van der Waals surface area contributed by atoms with Crippen molar-refractivity contribution in [3.05, 3.63) is 51.5 Å². The van der Waals surface area contributed by atoms with Crippen LogP contribution >= 0.6 is 11.3 Å². The van der Waals surface area contributed by atoms with Crippen LogP contribution in [-0.4, -0.2) is 16.9 Å². The van der Waals surface area contributed by atoms with Gasteiger partial charge < -0.3 is 10.1 Å². The van der Waals surface area contributed by atoms with Crippen molar-refractivity contribution in [3.8, 4) is 0 Å². The predicted molar refractivity (Wildman–Crippen MR) is 93.6 cm³/mol. The Bertz CT molecular complexity index is 695. The number of aryl methyl sites for hydroxylation is 2. The number of carbonyl (C=O) groups excluding carboxylic acids is 2. The Labute approximate surface area is 146 Å². The van der Waals surface area contributed by atoms with Gasteiger partial charge in [-0.15, -0.1) is 11.3 Å². The molecule has 0 saturated heterocycles. The number of benzene rings is 1. The van der Waals surface area contributed by atoms with E-state index in [0.29, 0.717) is 0 Å². The number of nitrogens with zero attached hydrogens (tertiary/aromatic N) is 1. The van der Waals surface area contributed by atoms with E-state index < -0.39 is 6.04 Å². The lowest BCUT2D eigenvalue weighted by molar-refractivity contribution is -0.145. The molecule has 1 amide bonds. The van der Waals surface area contributed by atoms with Crippen LogP contribution in [0.5, 0.6) is 0 Å². The Morgan fingerprint density at radius 2 is 2.00 bits per heavy atom. The molecular weight excluding hydrogens is 324 g/mol. The number of esters is 1. The summed E-state index contributed by atoms with van der Waals surface area (Å²) in [5.41, 5.74) is 2.77. The van der Waals surface area contributed by atoms with Gasteiger partial charge in [-0.2, -0.15) is 0 Å². The Balaban J connectivity index is 1.96. The number of ether oxygens (including phenoxy) is 1. The number of aromatic nitrogens is 1. The molecule has 0 fully saturated rings. The summed E-state index contributed by atoms with van der Waals surface area (Å²) in [5, 5.41) is 5.73. The molecule has 0 aliphatic rings. The monoisotopic (exact) mass is 346 g/mol. The molecule has 1 atom stereocenters. The summed E-state index contributed by atoms with van der Waals surface area (Å²) in [4.78, 5) is 27.9. The first-order valence-corrected chi connectivity index (χ1v) is 8.78. The van der Waals surface area contributed by atoms with E-state index in [9.17, 15) is 9.59 Å². The minimum absolute atomic E-state index is 0.0907. The second kappa shape index (κ2) is 8.59. The molecule has 2 aromatic rings. The lowest BCUT2D eigenvalue weighted by Crippen LogP contribution is -2.28. The van der Waals surface area contributed by atoms with Gasteiger partial charge in [-0.25, -0.2) is 4.98 Å². The van der Waals surface area contributed by atoms with Crippen molar-refractivity contribution in [1.29, 1.82) is 0 Å². The standard InChI is InChI=1S/C18H22N2O3S/c1-4-17-20-15(11-24-17)10-23-18(22)9-16(19-13(3)21)14-7-5-12(2)6-8-14/h5-8,11,16H,4,9-10H2,1-3H3,(H,19,21)/t16-/m1/s1. The minimum Gasteiger partial charge on any atom is -0.459 e. The van der Waals surface area contributed by atoms with E-state index in [1.165, 1.54) is 6.92 Å². The number of hydrogen-bond acceptors (Lipinski definition) is 5. The van der Waals surface area contributed by atoms with Crippen LogP contribution in [-0.2, 0) is 27.4 Å². The summed E-state index contributed by atoms with van der Waals surface area (Å²) in [5.74, 6) is -0.541. The first kappa shape index (κ1) is 18.1. The normalized spacial score (nSPS) is 11.8. The van der Waals surface area contributed by atoms with Gasteiger partial charge in [0.15, 0.2) is 0 Å². The van der Waals surface area contributed by atoms with E-state index in [1.54, 1.807) is 11.3 Å². The van der Waals surface area contributed by atoms with Crippen LogP contribution < -0.4 is 5.32 Å². The van der Waals surface area contributed by atoms with Crippen molar-refractivity contribution >= 4 is 23.2 Å². The predicted octanol–water partition coefficient (Wildman–Crippen LogP) is 3.32. The van der Waals surface area contributed by atoms with Gasteiger partial charge in [0.05, 0.1) is 23.2 Å². The highest BCUT2D eigenvalue weighted by molar-refractivity contribution is 7.09. The Hall–Kier alpha value is -2.21. The zero-order valence-electron chi connectivity index (χ0n) is 14.2. The number of amides is 1. The van der Waals surface area contributed by atoms with Gasteiger partial charge in [-0.05, 0) is 18.9 Å². The highest BCUT2D eigenvalue weighted by atomic mass is 32.1. The topological polar surface area (TPSA) is 68.3 Å². The van der Waals surface area contributed by atoms with E-state index in [4.69, 9.17) is 4.74 Å². The second-order valence-corrected chi connectivity index (χ2v) is 6.56. The SMILES string of the molecule is CCc1nc(COC(=O)C[C@@H](NC(C)=O)c2ccc(C)cc2)cs1. The van der Waals surface area contributed by atoms with Crippen molar-refractivity contribution in [1.82, 2.24) is 10.3 Å². The Morgan fingerprint density at radius 3 is 2.58 bits per heavy atom. The van der Waals surface area contributed by atoms with Gasteiger partial charge in [0.25, 0.3) is 0 Å². The fourth-order valence-corrected chi connectivity index (χ4v) is 2.98.